The highest BCUT2D eigenvalue weighted by Gasteiger charge is 2.48. The highest BCUT2D eigenvalue weighted by atomic mass is 32.1. The lowest BCUT2D eigenvalue weighted by Crippen LogP contribution is -2.29. The molecule has 38 heavy (non-hydrogen) atoms. The number of thiazole rings is 1. The first-order valence-electron chi connectivity index (χ1n) is 11.7. The second-order valence-electron chi connectivity index (χ2n) is 8.38. The van der Waals surface area contributed by atoms with Gasteiger partial charge in [0, 0.05) is 12.5 Å². The Hall–Kier alpha value is -4.31. The van der Waals surface area contributed by atoms with Crippen molar-refractivity contribution in [2.45, 2.75) is 26.8 Å². The molecule has 1 atom stereocenters. The van der Waals surface area contributed by atoms with E-state index >= 15 is 0 Å². The number of anilines is 1. The quantitative estimate of drug-likeness (QED) is 0.129. The first kappa shape index (κ1) is 26.7. The summed E-state index contributed by atoms with van der Waals surface area (Å²) in [4.78, 5) is 44.8. The number of aryl methyl sites for hydroxylation is 1. The number of amides is 1. The van der Waals surface area contributed by atoms with E-state index in [4.69, 9.17) is 9.47 Å². The molecule has 1 amide bonds. The van der Waals surface area contributed by atoms with Crippen LogP contribution < -0.4 is 14.4 Å². The van der Waals surface area contributed by atoms with E-state index in [0.29, 0.717) is 34.2 Å². The van der Waals surface area contributed by atoms with Gasteiger partial charge in [0.2, 0.25) is 0 Å². The third-order valence-electron chi connectivity index (χ3n) is 5.81. The van der Waals surface area contributed by atoms with E-state index < -0.39 is 29.3 Å². The van der Waals surface area contributed by atoms with E-state index in [9.17, 15) is 23.9 Å². The van der Waals surface area contributed by atoms with Crippen LogP contribution in [0.25, 0.3) is 5.76 Å². The average molecular weight is 537 g/mol. The maximum absolute atomic E-state index is 13.5. The number of hydrogen-bond acceptors (Lipinski definition) is 8. The van der Waals surface area contributed by atoms with Crippen LogP contribution in [0, 0.1) is 12.7 Å². The van der Waals surface area contributed by atoms with Crippen molar-refractivity contribution in [3.63, 3.8) is 0 Å². The number of aromatic nitrogens is 1. The van der Waals surface area contributed by atoms with Crippen LogP contribution in [-0.2, 0) is 9.59 Å². The largest absolute Gasteiger partial charge is 0.507 e. The average Bonchev–Trinajstić information content (AvgIpc) is 3.40. The highest BCUT2D eigenvalue weighted by Crippen LogP contribution is 2.45. The van der Waals surface area contributed by atoms with E-state index in [1.165, 1.54) is 19.1 Å². The van der Waals surface area contributed by atoms with E-state index in [2.05, 4.69) is 11.6 Å². The van der Waals surface area contributed by atoms with Gasteiger partial charge < -0.3 is 14.6 Å². The number of halogens is 1. The molecule has 1 N–H and O–H groups in total. The number of ketones is 2. The Kier molecular flexibility index (Phi) is 7.72. The van der Waals surface area contributed by atoms with Crippen LogP contribution in [0.1, 0.15) is 46.4 Å². The van der Waals surface area contributed by atoms with Crippen molar-refractivity contribution in [1.29, 1.82) is 0 Å². The summed E-state index contributed by atoms with van der Waals surface area (Å²) in [6.45, 7) is 9.02. The lowest BCUT2D eigenvalue weighted by atomic mass is 9.95. The van der Waals surface area contributed by atoms with Crippen molar-refractivity contribution in [1.82, 2.24) is 4.98 Å². The van der Waals surface area contributed by atoms with Gasteiger partial charge in [-0.3, -0.25) is 19.3 Å². The molecule has 2 aromatic carbocycles. The minimum atomic E-state index is -1.11. The van der Waals surface area contributed by atoms with Crippen molar-refractivity contribution >= 4 is 39.7 Å². The zero-order valence-electron chi connectivity index (χ0n) is 21.0. The smallest absolute Gasteiger partial charge is 0.301 e. The molecule has 4 rings (SSSR count). The van der Waals surface area contributed by atoms with Crippen LogP contribution in [0.2, 0.25) is 0 Å². The minimum Gasteiger partial charge on any atom is -0.507 e. The van der Waals surface area contributed by atoms with Crippen LogP contribution >= 0.6 is 11.3 Å². The fraction of sp³-hybridized carbons (Fsp3) is 0.214. The summed E-state index contributed by atoms with van der Waals surface area (Å²) < 4.78 is 25.0. The van der Waals surface area contributed by atoms with Crippen molar-refractivity contribution in [3.05, 3.63) is 88.2 Å². The molecule has 1 saturated heterocycles. The van der Waals surface area contributed by atoms with Gasteiger partial charge in [0.1, 0.15) is 18.2 Å². The zero-order chi connectivity index (χ0) is 27.6. The molecule has 8 nitrogen and oxygen atoms in total. The van der Waals surface area contributed by atoms with Crippen LogP contribution in [0.5, 0.6) is 11.5 Å². The van der Waals surface area contributed by atoms with Crippen LogP contribution in [0.3, 0.4) is 0 Å². The summed E-state index contributed by atoms with van der Waals surface area (Å²) in [5.41, 5.74) is 0.797. The van der Waals surface area contributed by atoms with E-state index in [-0.39, 0.29) is 28.7 Å². The fourth-order valence-corrected chi connectivity index (χ4v) is 5.14. The third kappa shape index (κ3) is 4.95. The van der Waals surface area contributed by atoms with Gasteiger partial charge in [0.05, 0.1) is 28.8 Å². The number of benzene rings is 2. The third-order valence-corrected chi connectivity index (χ3v) is 7.07. The molecule has 1 aromatic heterocycles. The standard InChI is InChI=1S/C28H25FN2O6S/c1-5-13-37-20-12-9-18(14-21(20)36-6-2)23-22(24(33)17-7-10-19(29)11-8-17)25(34)27(35)31(23)28-30-15(3)26(38-28)16(4)32/h5,7-12,14,23,33H,1,6,13H2,2-4H3. The summed E-state index contributed by atoms with van der Waals surface area (Å²) in [6, 6.07) is 8.70. The minimum absolute atomic E-state index is 0.128. The molecule has 2 heterocycles. The number of carbonyl (C=O) groups excluding carboxylic acids is 3. The van der Waals surface area contributed by atoms with E-state index in [0.717, 1.165) is 28.4 Å². The number of hydrogen-bond donors (Lipinski definition) is 1. The van der Waals surface area contributed by atoms with Gasteiger partial charge in [-0.05, 0) is 55.8 Å². The molecule has 1 aliphatic rings. The number of aliphatic hydroxyl groups is 1. The fourth-order valence-electron chi connectivity index (χ4n) is 4.15. The summed E-state index contributed by atoms with van der Waals surface area (Å²) in [5, 5.41) is 11.3. The van der Waals surface area contributed by atoms with Gasteiger partial charge in [0.25, 0.3) is 5.78 Å². The van der Waals surface area contributed by atoms with E-state index in [1.807, 2.05) is 0 Å². The van der Waals surface area contributed by atoms with Gasteiger partial charge in [-0.25, -0.2) is 9.37 Å². The van der Waals surface area contributed by atoms with Crippen LogP contribution in [0.15, 0.2) is 60.7 Å². The lowest BCUT2D eigenvalue weighted by Gasteiger charge is -2.24. The number of Topliss-reactive ketones (excluding diaryl/α,β-unsaturated/α-hetero) is 2. The molecule has 0 aliphatic carbocycles. The molecule has 0 radical (unpaired) electrons. The SMILES string of the molecule is C=CCOc1ccc(C2C(=C(O)c3ccc(F)cc3)C(=O)C(=O)N2c2nc(C)c(C(C)=O)s2)cc1OCC. The summed E-state index contributed by atoms with van der Waals surface area (Å²) in [7, 11) is 0. The Labute approximate surface area is 222 Å². The number of carbonyl (C=O) groups is 3. The maximum Gasteiger partial charge on any atom is 0.301 e. The van der Waals surface area contributed by atoms with Crippen molar-refractivity contribution in [3.8, 4) is 11.5 Å². The molecular weight excluding hydrogens is 511 g/mol. The van der Waals surface area contributed by atoms with Gasteiger partial charge >= 0.3 is 5.91 Å². The predicted molar refractivity (Wildman–Crippen MR) is 141 cm³/mol. The van der Waals surface area contributed by atoms with Crippen LogP contribution in [-0.4, -0.2) is 40.8 Å². The second kappa shape index (κ2) is 11.0. The maximum atomic E-state index is 13.5. The molecule has 1 aliphatic heterocycles. The summed E-state index contributed by atoms with van der Waals surface area (Å²) in [5.74, 6) is -2.31. The van der Waals surface area contributed by atoms with Crippen LogP contribution in [0.4, 0.5) is 9.52 Å². The van der Waals surface area contributed by atoms with Gasteiger partial charge in [-0.1, -0.05) is 30.1 Å². The highest BCUT2D eigenvalue weighted by molar-refractivity contribution is 7.18. The Morgan fingerprint density at radius 1 is 1.18 bits per heavy atom. The summed E-state index contributed by atoms with van der Waals surface area (Å²) >= 11 is 0.981. The molecule has 0 bridgehead atoms. The van der Waals surface area contributed by atoms with Crippen molar-refractivity contribution < 1.29 is 33.4 Å². The Bertz CT molecular complexity index is 1460. The molecule has 10 heteroatoms. The van der Waals surface area contributed by atoms with Gasteiger partial charge in [0.15, 0.2) is 22.4 Å². The number of ether oxygens (including phenoxy) is 2. The molecular formula is C28H25FN2O6S. The topological polar surface area (TPSA) is 106 Å². The monoisotopic (exact) mass is 536 g/mol. The molecule has 0 saturated carbocycles. The van der Waals surface area contributed by atoms with E-state index in [1.54, 1.807) is 38.1 Å². The molecule has 196 valence electrons. The normalized spacial score (nSPS) is 16.5. The number of nitrogens with zero attached hydrogens (tertiary/aromatic N) is 2. The lowest BCUT2D eigenvalue weighted by molar-refractivity contribution is -0.132. The predicted octanol–water partition coefficient (Wildman–Crippen LogP) is 5.38. The Morgan fingerprint density at radius 3 is 2.50 bits per heavy atom. The molecule has 1 fully saturated rings. The Balaban J connectivity index is 1.95. The first-order chi connectivity index (χ1) is 18.2. The van der Waals surface area contributed by atoms with Crippen molar-refractivity contribution in [2.24, 2.45) is 0 Å². The van der Waals surface area contributed by atoms with Crippen molar-refractivity contribution in [2.75, 3.05) is 18.1 Å². The molecule has 1 unspecified atom stereocenters. The number of rotatable bonds is 9. The Morgan fingerprint density at radius 2 is 1.89 bits per heavy atom. The summed E-state index contributed by atoms with van der Waals surface area (Å²) in [6.07, 6.45) is 1.58. The number of aliphatic hydroxyl groups excluding tert-OH is 1. The molecule has 0 spiro atoms. The molecule has 3 aromatic rings. The van der Waals surface area contributed by atoms with Gasteiger partial charge in [-0.2, -0.15) is 0 Å². The van der Waals surface area contributed by atoms with Gasteiger partial charge in [-0.15, -0.1) is 0 Å². The first-order valence-corrected chi connectivity index (χ1v) is 12.5. The zero-order valence-corrected chi connectivity index (χ0v) is 21.8. The second-order valence-corrected chi connectivity index (χ2v) is 9.36.